The van der Waals surface area contributed by atoms with Crippen molar-refractivity contribution in [3.63, 3.8) is 0 Å². The average Bonchev–Trinajstić information content (AvgIpc) is 3.32. The van der Waals surface area contributed by atoms with Gasteiger partial charge in [0, 0.05) is 24.2 Å². The first-order chi connectivity index (χ1) is 13.5. The van der Waals surface area contributed by atoms with Crippen LogP contribution in [0.25, 0.3) is 0 Å². The van der Waals surface area contributed by atoms with Crippen molar-refractivity contribution in [3.05, 3.63) is 53.6 Å². The third-order valence-corrected chi connectivity index (χ3v) is 4.84. The van der Waals surface area contributed by atoms with Crippen LogP contribution in [-0.2, 0) is 14.3 Å². The van der Waals surface area contributed by atoms with Gasteiger partial charge in [0.15, 0.2) is 23.9 Å². The monoisotopic (exact) mass is 381 g/mol. The molecule has 7 nitrogen and oxygen atoms in total. The van der Waals surface area contributed by atoms with Crippen LogP contribution in [0.5, 0.6) is 11.5 Å². The number of amides is 1. The normalized spacial score (nSPS) is 17.7. The fourth-order valence-corrected chi connectivity index (χ4v) is 3.25. The average molecular weight is 381 g/mol. The van der Waals surface area contributed by atoms with Crippen LogP contribution in [-0.4, -0.2) is 37.6 Å². The Hall–Kier alpha value is -3.35. The number of benzene rings is 2. The lowest BCUT2D eigenvalue weighted by Gasteiger charge is -2.16. The molecule has 0 N–H and O–H groups in total. The lowest BCUT2D eigenvalue weighted by atomic mass is 10.1. The van der Waals surface area contributed by atoms with Gasteiger partial charge < -0.3 is 19.1 Å². The van der Waals surface area contributed by atoms with Crippen molar-refractivity contribution < 1.29 is 28.6 Å². The summed E-state index contributed by atoms with van der Waals surface area (Å²) in [5, 5.41) is 0. The van der Waals surface area contributed by atoms with Gasteiger partial charge >= 0.3 is 5.97 Å². The summed E-state index contributed by atoms with van der Waals surface area (Å²) in [5.41, 5.74) is 2.22. The first kappa shape index (κ1) is 18.0. The number of ether oxygens (including phenoxy) is 3. The van der Waals surface area contributed by atoms with Crippen molar-refractivity contribution in [2.24, 2.45) is 5.92 Å². The second-order valence-corrected chi connectivity index (χ2v) is 6.84. The Morgan fingerprint density at radius 2 is 1.86 bits per heavy atom. The van der Waals surface area contributed by atoms with E-state index in [2.05, 4.69) is 0 Å². The zero-order valence-corrected chi connectivity index (χ0v) is 15.3. The molecule has 0 aromatic heterocycles. The first-order valence-corrected chi connectivity index (χ1v) is 8.98. The molecule has 0 saturated carbocycles. The summed E-state index contributed by atoms with van der Waals surface area (Å²) in [5.74, 6) is -0.531. The van der Waals surface area contributed by atoms with Gasteiger partial charge in [-0.15, -0.1) is 0 Å². The molecule has 0 radical (unpaired) electrons. The lowest BCUT2D eigenvalue weighted by Crippen LogP contribution is -2.27. The van der Waals surface area contributed by atoms with Crippen LogP contribution in [0, 0.1) is 12.8 Å². The smallest absolute Gasteiger partial charge is 0.311 e. The summed E-state index contributed by atoms with van der Waals surface area (Å²) in [6.07, 6.45) is 0.0743. The van der Waals surface area contributed by atoms with Crippen molar-refractivity contribution in [2.75, 3.05) is 24.8 Å². The molecule has 1 fully saturated rings. The van der Waals surface area contributed by atoms with Gasteiger partial charge in [-0.05, 0) is 37.3 Å². The highest BCUT2D eigenvalue weighted by atomic mass is 16.7. The van der Waals surface area contributed by atoms with Gasteiger partial charge in [0.05, 0.1) is 5.92 Å². The molecule has 2 aromatic rings. The Morgan fingerprint density at radius 3 is 2.64 bits per heavy atom. The molecular formula is C21H19NO6. The molecule has 0 spiro atoms. The van der Waals surface area contributed by atoms with Crippen LogP contribution in [0.2, 0.25) is 0 Å². The van der Waals surface area contributed by atoms with E-state index in [9.17, 15) is 14.4 Å². The van der Waals surface area contributed by atoms with Gasteiger partial charge in [0.1, 0.15) is 0 Å². The van der Waals surface area contributed by atoms with E-state index in [1.807, 2.05) is 31.2 Å². The molecule has 1 atom stereocenters. The maximum Gasteiger partial charge on any atom is 0.311 e. The quantitative estimate of drug-likeness (QED) is 0.585. The highest BCUT2D eigenvalue weighted by Crippen LogP contribution is 2.32. The van der Waals surface area contributed by atoms with Crippen LogP contribution in [0.3, 0.4) is 0 Å². The highest BCUT2D eigenvalue weighted by molar-refractivity contribution is 6.01. The Balaban J connectivity index is 1.34. The standard InChI is InChI=1S/C21H19NO6/c1-13-2-5-16(6-3-13)22-10-15(9-20(22)24)21(25)26-11-17(23)14-4-7-18-19(8-14)28-12-27-18/h2-8,15H,9-12H2,1H3/t15-/m1/s1. The second kappa shape index (κ2) is 7.34. The molecule has 28 heavy (non-hydrogen) atoms. The van der Waals surface area contributed by atoms with Crippen molar-refractivity contribution in [1.82, 2.24) is 0 Å². The number of ketones is 1. The van der Waals surface area contributed by atoms with Gasteiger partial charge in [0.2, 0.25) is 12.7 Å². The van der Waals surface area contributed by atoms with Gasteiger partial charge in [-0.3, -0.25) is 14.4 Å². The maximum absolute atomic E-state index is 12.3. The first-order valence-electron chi connectivity index (χ1n) is 8.98. The maximum atomic E-state index is 12.3. The Labute approximate surface area is 161 Å². The number of carbonyl (C=O) groups is 3. The number of nitrogens with zero attached hydrogens (tertiary/aromatic N) is 1. The van der Waals surface area contributed by atoms with E-state index in [1.54, 1.807) is 23.1 Å². The third-order valence-electron chi connectivity index (χ3n) is 4.84. The topological polar surface area (TPSA) is 82.1 Å². The number of hydrogen-bond donors (Lipinski definition) is 0. The number of fused-ring (bicyclic) bond motifs is 1. The van der Waals surface area contributed by atoms with Gasteiger partial charge in [-0.2, -0.15) is 0 Å². The molecule has 1 amide bonds. The molecule has 7 heteroatoms. The minimum atomic E-state index is -0.585. The predicted octanol–water partition coefficient (Wildman–Crippen LogP) is 2.50. The van der Waals surface area contributed by atoms with E-state index < -0.39 is 11.9 Å². The van der Waals surface area contributed by atoms with E-state index in [4.69, 9.17) is 14.2 Å². The second-order valence-electron chi connectivity index (χ2n) is 6.84. The molecule has 0 unspecified atom stereocenters. The van der Waals surface area contributed by atoms with Crippen LogP contribution in [0.4, 0.5) is 5.69 Å². The summed E-state index contributed by atoms with van der Waals surface area (Å²) < 4.78 is 15.6. The number of anilines is 1. The summed E-state index contributed by atoms with van der Waals surface area (Å²) in [6.45, 7) is 1.95. The Bertz CT molecular complexity index is 936. The minimum Gasteiger partial charge on any atom is -0.457 e. The molecule has 4 rings (SSSR count). The molecule has 0 aliphatic carbocycles. The van der Waals surface area contributed by atoms with Gasteiger partial charge in [0.25, 0.3) is 0 Å². The number of esters is 1. The fourth-order valence-electron chi connectivity index (χ4n) is 3.25. The Kier molecular flexibility index (Phi) is 4.73. The van der Waals surface area contributed by atoms with E-state index in [0.29, 0.717) is 17.1 Å². The van der Waals surface area contributed by atoms with E-state index in [-0.39, 0.29) is 38.1 Å². The number of Topliss-reactive ketones (excluding diaryl/α,β-unsaturated/α-hetero) is 1. The Morgan fingerprint density at radius 1 is 1.11 bits per heavy atom. The molecule has 2 aliphatic heterocycles. The molecular weight excluding hydrogens is 362 g/mol. The largest absolute Gasteiger partial charge is 0.457 e. The van der Waals surface area contributed by atoms with E-state index >= 15 is 0 Å². The minimum absolute atomic E-state index is 0.0743. The lowest BCUT2D eigenvalue weighted by molar-refractivity contribution is -0.147. The summed E-state index contributed by atoms with van der Waals surface area (Å²) in [6, 6.07) is 12.3. The number of aryl methyl sites for hydroxylation is 1. The molecule has 1 saturated heterocycles. The molecule has 2 aromatic carbocycles. The summed E-state index contributed by atoms with van der Waals surface area (Å²) >= 11 is 0. The van der Waals surface area contributed by atoms with Gasteiger partial charge in [-0.1, -0.05) is 17.7 Å². The van der Waals surface area contributed by atoms with Crippen molar-refractivity contribution in [3.8, 4) is 11.5 Å². The molecule has 2 heterocycles. The zero-order valence-electron chi connectivity index (χ0n) is 15.3. The molecule has 2 aliphatic rings. The predicted molar refractivity (Wildman–Crippen MR) is 99.5 cm³/mol. The molecule has 0 bridgehead atoms. The van der Waals surface area contributed by atoms with Crippen LogP contribution < -0.4 is 14.4 Å². The van der Waals surface area contributed by atoms with Crippen molar-refractivity contribution in [2.45, 2.75) is 13.3 Å². The van der Waals surface area contributed by atoms with Crippen LogP contribution in [0.15, 0.2) is 42.5 Å². The number of rotatable bonds is 5. The van der Waals surface area contributed by atoms with Crippen LogP contribution >= 0.6 is 0 Å². The molecule has 144 valence electrons. The number of hydrogen-bond acceptors (Lipinski definition) is 6. The van der Waals surface area contributed by atoms with E-state index in [1.165, 1.54) is 0 Å². The van der Waals surface area contributed by atoms with Crippen molar-refractivity contribution in [1.29, 1.82) is 0 Å². The summed E-state index contributed by atoms with van der Waals surface area (Å²) in [7, 11) is 0. The van der Waals surface area contributed by atoms with Gasteiger partial charge in [-0.25, -0.2) is 0 Å². The summed E-state index contributed by atoms with van der Waals surface area (Å²) in [4.78, 5) is 38.5. The zero-order chi connectivity index (χ0) is 19.7. The highest BCUT2D eigenvalue weighted by Gasteiger charge is 2.36. The van der Waals surface area contributed by atoms with E-state index in [0.717, 1.165) is 11.3 Å². The SMILES string of the molecule is Cc1ccc(N2C[C@H](C(=O)OCC(=O)c3ccc4c(c3)OCO4)CC2=O)cc1. The number of carbonyl (C=O) groups excluding carboxylic acids is 3. The fraction of sp³-hybridized carbons (Fsp3) is 0.286. The van der Waals surface area contributed by atoms with Crippen LogP contribution in [0.1, 0.15) is 22.3 Å². The van der Waals surface area contributed by atoms with Crippen molar-refractivity contribution >= 4 is 23.3 Å². The third kappa shape index (κ3) is 3.55.